The van der Waals surface area contributed by atoms with E-state index >= 15 is 0 Å². The molecule has 26 heavy (non-hydrogen) atoms. The summed E-state index contributed by atoms with van der Waals surface area (Å²) in [6.45, 7) is 2.57. The number of ether oxygens (including phenoxy) is 3. The van der Waals surface area contributed by atoms with E-state index in [0.717, 1.165) is 6.42 Å². The monoisotopic (exact) mass is 351 g/mol. The lowest BCUT2D eigenvalue weighted by atomic mass is 10.0. The molecule has 0 saturated carbocycles. The molecule has 0 aliphatic carbocycles. The van der Waals surface area contributed by atoms with Gasteiger partial charge in [0.2, 0.25) is 5.78 Å². The van der Waals surface area contributed by atoms with Gasteiger partial charge in [-0.2, -0.15) is 5.26 Å². The number of hydrogen-bond acceptors (Lipinski definition) is 5. The second kappa shape index (κ2) is 9.28. The van der Waals surface area contributed by atoms with Gasteiger partial charge in [-0.1, -0.05) is 13.0 Å². The summed E-state index contributed by atoms with van der Waals surface area (Å²) in [4.78, 5) is 12.6. The molecule has 0 bridgehead atoms. The maximum absolute atomic E-state index is 12.6. The van der Waals surface area contributed by atoms with Gasteiger partial charge in [0, 0.05) is 5.56 Å². The Hall–Kier alpha value is -3.26. The summed E-state index contributed by atoms with van der Waals surface area (Å²) in [6, 6.07) is 13.9. The Kier molecular flexibility index (Phi) is 6.81. The Balaban J connectivity index is 2.32. The first-order valence-corrected chi connectivity index (χ1v) is 8.24. The third-order valence-corrected chi connectivity index (χ3v) is 3.68. The minimum atomic E-state index is -0.345. The molecule has 0 N–H and O–H groups in total. The number of allylic oxidation sites excluding steroid dienone is 1. The number of nitrogens with zero attached hydrogens (tertiary/aromatic N) is 1. The van der Waals surface area contributed by atoms with Crippen LogP contribution in [0.5, 0.6) is 17.2 Å². The van der Waals surface area contributed by atoms with E-state index in [1.54, 1.807) is 62.8 Å². The predicted molar refractivity (Wildman–Crippen MR) is 99.7 cm³/mol. The Bertz CT molecular complexity index is 832. The van der Waals surface area contributed by atoms with Crippen molar-refractivity contribution in [2.45, 2.75) is 13.3 Å². The molecule has 0 unspecified atom stereocenters. The Labute approximate surface area is 153 Å². The average Bonchev–Trinajstić information content (AvgIpc) is 2.70. The third-order valence-electron chi connectivity index (χ3n) is 3.68. The van der Waals surface area contributed by atoms with E-state index < -0.39 is 0 Å². The zero-order valence-corrected chi connectivity index (χ0v) is 15.1. The average molecular weight is 351 g/mol. The molecule has 5 heteroatoms. The van der Waals surface area contributed by atoms with Crippen molar-refractivity contribution in [3.8, 4) is 23.3 Å². The second-order valence-corrected chi connectivity index (χ2v) is 5.49. The van der Waals surface area contributed by atoms with Crippen LogP contribution in [0.4, 0.5) is 0 Å². The van der Waals surface area contributed by atoms with Gasteiger partial charge in [0.1, 0.15) is 17.4 Å². The maximum Gasteiger partial charge on any atom is 0.203 e. The lowest BCUT2D eigenvalue weighted by Gasteiger charge is -2.10. The fourth-order valence-electron chi connectivity index (χ4n) is 2.32. The molecular weight excluding hydrogens is 330 g/mol. The van der Waals surface area contributed by atoms with Gasteiger partial charge in [0.05, 0.1) is 20.8 Å². The molecule has 0 radical (unpaired) electrons. The standard InChI is InChI=1S/C21H21NO4/c1-4-11-26-20-13-15(5-10-19(20)25-3)12-17(14-22)21(23)16-6-8-18(24-2)9-7-16/h5-10,12-13H,4,11H2,1-3H3. The minimum Gasteiger partial charge on any atom is -0.497 e. The van der Waals surface area contributed by atoms with Gasteiger partial charge in [-0.3, -0.25) is 4.79 Å². The highest BCUT2D eigenvalue weighted by molar-refractivity contribution is 6.14. The van der Waals surface area contributed by atoms with Crippen LogP contribution < -0.4 is 14.2 Å². The molecule has 5 nitrogen and oxygen atoms in total. The number of carbonyl (C=O) groups excluding carboxylic acids is 1. The van der Waals surface area contributed by atoms with Gasteiger partial charge in [-0.15, -0.1) is 0 Å². The van der Waals surface area contributed by atoms with Crippen molar-refractivity contribution in [2.24, 2.45) is 0 Å². The first-order chi connectivity index (χ1) is 12.6. The quantitative estimate of drug-likeness (QED) is 0.403. The summed E-state index contributed by atoms with van der Waals surface area (Å²) in [5.41, 5.74) is 1.16. The summed E-state index contributed by atoms with van der Waals surface area (Å²) in [7, 11) is 3.12. The maximum atomic E-state index is 12.6. The molecule has 2 aromatic carbocycles. The molecule has 0 aliphatic rings. The predicted octanol–water partition coefficient (Wildman–Crippen LogP) is 4.28. The molecule has 2 rings (SSSR count). The summed E-state index contributed by atoms with van der Waals surface area (Å²) >= 11 is 0. The van der Waals surface area contributed by atoms with E-state index in [2.05, 4.69) is 0 Å². The van der Waals surface area contributed by atoms with Crippen molar-refractivity contribution < 1.29 is 19.0 Å². The van der Waals surface area contributed by atoms with Crippen molar-refractivity contribution >= 4 is 11.9 Å². The van der Waals surface area contributed by atoms with Gasteiger partial charge in [-0.25, -0.2) is 0 Å². The molecule has 0 aliphatic heterocycles. The first kappa shape index (κ1) is 19.1. The lowest BCUT2D eigenvalue weighted by Crippen LogP contribution is -2.02. The van der Waals surface area contributed by atoms with Crippen molar-refractivity contribution in [3.63, 3.8) is 0 Å². The molecule has 0 spiro atoms. The molecule has 134 valence electrons. The topological polar surface area (TPSA) is 68.5 Å². The molecule has 0 amide bonds. The number of Topliss-reactive ketones (excluding diaryl/α,β-unsaturated/α-hetero) is 1. The van der Waals surface area contributed by atoms with Crippen LogP contribution in [0.3, 0.4) is 0 Å². The Morgan fingerprint density at radius 2 is 1.81 bits per heavy atom. The molecule has 0 saturated heterocycles. The number of nitriles is 1. The fraction of sp³-hybridized carbons (Fsp3) is 0.238. The summed E-state index contributed by atoms with van der Waals surface area (Å²) in [6.07, 6.45) is 2.41. The highest BCUT2D eigenvalue weighted by Crippen LogP contribution is 2.29. The first-order valence-electron chi connectivity index (χ1n) is 8.24. The van der Waals surface area contributed by atoms with Crippen LogP contribution >= 0.6 is 0 Å². The van der Waals surface area contributed by atoms with Crippen LogP contribution in [0, 0.1) is 11.3 Å². The number of hydrogen-bond donors (Lipinski definition) is 0. The zero-order chi connectivity index (χ0) is 18.9. The van der Waals surface area contributed by atoms with E-state index in [1.807, 2.05) is 13.0 Å². The fourth-order valence-corrected chi connectivity index (χ4v) is 2.32. The summed E-state index contributed by atoms with van der Waals surface area (Å²) in [5, 5.41) is 9.41. The van der Waals surface area contributed by atoms with Crippen LogP contribution in [0.1, 0.15) is 29.3 Å². The molecule has 0 heterocycles. The van der Waals surface area contributed by atoms with Crippen LogP contribution in [0.25, 0.3) is 6.08 Å². The van der Waals surface area contributed by atoms with E-state index in [-0.39, 0.29) is 11.4 Å². The molecule has 0 aromatic heterocycles. The van der Waals surface area contributed by atoms with Crippen molar-refractivity contribution in [2.75, 3.05) is 20.8 Å². The molecule has 2 aromatic rings. The van der Waals surface area contributed by atoms with E-state index in [9.17, 15) is 10.1 Å². The number of benzene rings is 2. The Morgan fingerprint density at radius 1 is 1.08 bits per heavy atom. The third kappa shape index (κ3) is 4.64. The van der Waals surface area contributed by atoms with Crippen LogP contribution in [-0.2, 0) is 0 Å². The van der Waals surface area contributed by atoms with Crippen LogP contribution in [-0.4, -0.2) is 26.6 Å². The van der Waals surface area contributed by atoms with Gasteiger partial charge in [0.25, 0.3) is 0 Å². The Morgan fingerprint density at radius 3 is 2.38 bits per heavy atom. The van der Waals surface area contributed by atoms with Gasteiger partial charge in [-0.05, 0) is 54.5 Å². The smallest absolute Gasteiger partial charge is 0.203 e. The van der Waals surface area contributed by atoms with Gasteiger partial charge >= 0.3 is 0 Å². The van der Waals surface area contributed by atoms with E-state index in [0.29, 0.717) is 35.0 Å². The van der Waals surface area contributed by atoms with Crippen molar-refractivity contribution in [1.29, 1.82) is 5.26 Å². The van der Waals surface area contributed by atoms with Crippen molar-refractivity contribution in [1.82, 2.24) is 0 Å². The lowest BCUT2D eigenvalue weighted by molar-refractivity contribution is 0.104. The number of carbonyl (C=O) groups is 1. The zero-order valence-electron chi connectivity index (χ0n) is 15.1. The minimum absolute atomic E-state index is 0.0433. The molecule has 0 fully saturated rings. The van der Waals surface area contributed by atoms with Gasteiger partial charge < -0.3 is 14.2 Å². The SMILES string of the molecule is CCCOc1cc(C=C(C#N)C(=O)c2ccc(OC)cc2)ccc1OC. The number of rotatable bonds is 8. The highest BCUT2D eigenvalue weighted by Gasteiger charge is 2.13. The second-order valence-electron chi connectivity index (χ2n) is 5.49. The highest BCUT2D eigenvalue weighted by atomic mass is 16.5. The van der Waals surface area contributed by atoms with Gasteiger partial charge in [0.15, 0.2) is 11.5 Å². The van der Waals surface area contributed by atoms with Crippen LogP contribution in [0.2, 0.25) is 0 Å². The largest absolute Gasteiger partial charge is 0.497 e. The molecule has 0 atom stereocenters. The summed E-state index contributed by atoms with van der Waals surface area (Å²) in [5.74, 6) is 1.49. The van der Waals surface area contributed by atoms with E-state index in [1.165, 1.54) is 0 Å². The van der Waals surface area contributed by atoms with Crippen molar-refractivity contribution in [3.05, 3.63) is 59.2 Å². The molecular formula is C21H21NO4. The van der Waals surface area contributed by atoms with E-state index in [4.69, 9.17) is 14.2 Å². The normalized spacial score (nSPS) is 10.8. The van der Waals surface area contributed by atoms with Crippen LogP contribution in [0.15, 0.2) is 48.0 Å². The summed E-state index contributed by atoms with van der Waals surface area (Å²) < 4.78 is 16.0. The number of ketones is 1. The number of methoxy groups -OCH3 is 2.